The number of hydrogen-bond donors (Lipinski definition) is 0. The second-order valence-electron chi connectivity index (χ2n) is 0.556. The molecule has 18 heavy (non-hydrogen) atoms. The van der Waals surface area contributed by atoms with Crippen LogP contribution in [0.4, 0.5) is 0 Å². The van der Waals surface area contributed by atoms with E-state index >= 15 is 0 Å². The maximum absolute atomic E-state index is 4.91. The van der Waals surface area contributed by atoms with Crippen LogP contribution in [0.15, 0.2) is 0 Å². The third-order valence-electron chi connectivity index (χ3n) is 0.250. The summed E-state index contributed by atoms with van der Waals surface area (Å²) in [6.07, 6.45) is 0. The van der Waals surface area contributed by atoms with Gasteiger partial charge < -0.3 is 32.9 Å². The van der Waals surface area contributed by atoms with E-state index < -0.39 is 48.3 Å². The fourth-order valence-corrected chi connectivity index (χ4v) is 10.1. The Balaban J connectivity index is -0.00000000300. The average Bonchev–Trinajstić information content (AvgIpc) is 1.72. The van der Waals surface area contributed by atoms with Crippen LogP contribution in [-0.2, 0) is 8.37 Å². The molecule has 6 radical (unpaired) electrons. The Hall–Kier alpha value is 13.6. The Labute approximate surface area is 481 Å². The summed E-state index contributed by atoms with van der Waals surface area (Å²) in [5.41, 5.74) is 0. The standard InChI is InChI=1S/6Cs.Ge3O3.6H2O/c;;;;;;1-4-2-6-3-5-1;;;;;;/h;;;;;;;6*1H2/q6*+1;;;;;;;/p-6. The summed E-state index contributed by atoms with van der Waals surface area (Å²) in [5.74, 6) is 0. The van der Waals surface area contributed by atoms with E-state index in [1.54, 1.807) is 0 Å². The number of rotatable bonds is 0. The SMILES string of the molecule is [Cs+].[Cs+].[Cs+].[Cs+].[Cs+].[Cs+].[OH-].[OH-].[OH-].[OH-].[OH-].[OH-].[O]1[Ge][O][Ge][O][Ge]1. The van der Waals surface area contributed by atoms with Crippen LogP contribution < -0.4 is 413 Å². The summed E-state index contributed by atoms with van der Waals surface area (Å²) in [4.78, 5) is 0. The molecule has 0 aromatic rings. The van der Waals surface area contributed by atoms with Crippen molar-refractivity contribution < 1.29 is 455 Å². The van der Waals surface area contributed by atoms with Gasteiger partial charge in [0.05, 0.1) is 0 Å². The molecule has 0 spiro atoms. The first-order valence-corrected chi connectivity index (χ1v) is 6.36. The topological polar surface area (TPSA) is 208 Å². The van der Waals surface area contributed by atoms with Gasteiger partial charge in [0.1, 0.15) is 0 Å². The first-order valence-electron chi connectivity index (χ1n) is 1.22. The monoisotopic (exact) mass is 1170 g/mol. The van der Waals surface area contributed by atoms with Crippen LogP contribution >= 0.6 is 0 Å². The summed E-state index contributed by atoms with van der Waals surface area (Å²) >= 11 is -1.22. The van der Waals surface area contributed by atoms with Gasteiger partial charge in [-0.25, -0.2) is 0 Å². The first kappa shape index (κ1) is 77.0. The zero-order valence-corrected chi connectivity index (χ0v) is 55.4. The van der Waals surface area contributed by atoms with Gasteiger partial charge in [-0.05, 0) is 0 Å². The van der Waals surface area contributed by atoms with E-state index in [0.717, 1.165) is 0 Å². The molecule has 0 saturated carbocycles. The van der Waals surface area contributed by atoms with Crippen molar-refractivity contribution >= 4 is 48.3 Å². The maximum atomic E-state index is 4.91. The van der Waals surface area contributed by atoms with Crippen molar-refractivity contribution in [3.05, 3.63) is 0 Å². The molecule has 0 amide bonds. The minimum absolute atomic E-state index is 0. The first-order chi connectivity index (χ1) is 3.00. The Kier molecular flexibility index (Phi) is 299. The van der Waals surface area contributed by atoms with Crippen molar-refractivity contribution in [3.8, 4) is 0 Å². The van der Waals surface area contributed by atoms with Crippen LogP contribution in [0.3, 0.4) is 0 Å². The van der Waals surface area contributed by atoms with Crippen molar-refractivity contribution in [2.75, 3.05) is 0 Å². The Morgan fingerprint density at radius 2 is 0.444 bits per heavy atom. The fourth-order valence-electron chi connectivity index (χ4n) is 0.114. The molecule has 0 aromatic carbocycles. The van der Waals surface area contributed by atoms with E-state index in [9.17, 15) is 0 Å². The molecule has 6 N–H and O–H groups in total. The molecular weight excluding hydrogens is 1160 g/mol. The van der Waals surface area contributed by atoms with E-state index in [1.165, 1.54) is 0 Å². The predicted octanol–water partition coefficient (Wildman–Crippen LogP) is -20.4. The van der Waals surface area contributed by atoms with Crippen molar-refractivity contribution in [3.63, 3.8) is 0 Å². The molecule has 1 fully saturated rings. The van der Waals surface area contributed by atoms with Crippen molar-refractivity contribution in [1.29, 1.82) is 0 Å². The summed E-state index contributed by atoms with van der Waals surface area (Å²) in [7, 11) is 0. The van der Waals surface area contributed by atoms with E-state index in [1.807, 2.05) is 0 Å². The Bertz CT molecular complexity index is 41.8. The molecule has 0 unspecified atom stereocenters. The second-order valence-corrected chi connectivity index (χ2v) is 9.57. The van der Waals surface area contributed by atoms with Gasteiger partial charge in [-0.15, -0.1) is 0 Å². The molecule has 0 atom stereocenters. The summed E-state index contributed by atoms with van der Waals surface area (Å²) in [5, 5.41) is 0. The predicted molar refractivity (Wildman–Crippen MR) is 32.1 cm³/mol. The van der Waals surface area contributed by atoms with Crippen molar-refractivity contribution in [2.24, 2.45) is 0 Å². The van der Waals surface area contributed by atoms with E-state index in [-0.39, 0.29) is 446 Å². The normalized spacial score (nSPS) is 8.00. The van der Waals surface area contributed by atoms with Gasteiger partial charge in [-0.1, -0.05) is 0 Å². The zero-order chi connectivity index (χ0) is 4.24. The zero-order valence-electron chi connectivity index (χ0n) is 11.4. The molecule has 1 aliphatic rings. The molecule has 18 heteroatoms. The Morgan fingerprint density at radius 3 is 0.500 bits per heavy atom. The summed E-state index contributed by atoms with van der Waals surface area (Å²) in [6.45, 7) is 0. The molecular formula is H6Cs6Ge3O9. The van der Waals surface area contributed by atoms with E-state index in [2.05, 4.69) is 0 Å². The number of hydrogen-bond acceptors (Lipinski definition) is 9. The van der Waals surface area contributed by atoms with Crippen LogP contribution in [0.1, 0.15) is 0 Å². The Morgan fingerprint density at radius 1 is 0.333 bits per heavy atom. The third-order valence-corrected chi connectivity index (χ3v) is 6.75. The fraction of sp³-hybridized carbons (Fsp3) is 0. The van der Waals surface area contributed by atoms with Crippen molar-refractivity contribution in [2.45, 2.75) is 0 Å². The molecule has 9 nitrogen and oxygen atoms in total. The molecule has 1 aliphatic heterocycles. The third kappa shape index (κ3) is 63.0. The molecule has 1 rings (SSSR count). The molecule has 1 saturated heterocycles. The quantitative estimate of drug-likeness (QED) is 0.211. The van der Waals surface area contributed by atoms with Gasteiger partial charge >= 0.3 is 470 Å². The molecule has 1 heterocycles. The molecule has 78 valence electrons. The van der Waals surface area contributed by atoms with E-state index in [4.69, 9.17) is 8.37 Å². The van der Waals surface area contributed by atoms with Gasteiger partial charge in [0.2, 0.25) is 0 Å². The van der Waals surface area contributed by atoms with Gasteiger partial charge in [0.15, 0.2) is 0 Å². The van der Waals surface area contributed by atoms with Crippen LogP contribution in [0, 0.1) is 0 Å². The van der Waals surface area contributed by atoms with E-state index in [0.29, 0.717) is 0 Å². The summed E-state index contributed by atoms with van der Waals surface area (Å²) < 4.78 is 14.7. The van der Waals surface area contributed by atoms with Gasteiger partial charge in [-0.3, -0.25) is 0 Å². The second kappa shape index (κ2) is 69.8. The minimum atomic E-state index is -0.406. The summed E-state index contributed by atoms with van der Waals surface area (Å²) in [6, 6.07) is 0. The van der Waals surface area contributed by atoms with Crippen molar-refractivity contribution in [1.82, 2.24) is 0 Å². The molecule has 0 aromatic heterocycles. The molecule has 0 aliphatic carbocycles. The van der Waals surface area contributed by atoms with Crippen LogP contribution in [-0.4, -0.2) is 81.2 Å². The molecule has 0 bridgehead atoms. The average molecular weight is 1170 g/mol. The van der Waals surface area contributed by atoms with Crippen LogP contribution in [0.2, 0.25) is 0 Å². The van der Waals surface area contributed by atoms with Crippen LogP contribution in [0.5, 0.6) is 0 Å². The van der Waals surface area contributed by atoms with Gasteiger partial charge in [-0.2, -0.15) is 0 Å². The van der Waals surface area contributed by atoms with Gasteiger partial charge in [0, 0.05) is 0 Å². The van der Waals surface area contributed by atoms with Gasteiger partial charge in [0.25, 0.3) is 0 Å². The van der Waals surface area contributed by atoms with Crippen LogP contribution in [0.25, 0.3) is 0 Å².